The quantitative estimate of drug-likeness (QED) is 0.593. The van der Waals surface area contributed by atoms with Crippen molar-refractivity contribution in [2.45, 2.75) is 6.18 Å². The number of anilines is 1. The lowest BCUT2D eigenvalue weighted by molar-refractivity contribution is -0.0885. The third kappa shape index (κ3) is 4.38. The number of halogens is 3. The summed E-state index contributed by atoms with van der Waals surface area (Å²) in [5.41, 5.74) is 1.57. The van der Waals surface area contributed by atoms with E-state index in [2.05, 4.69) is 10.2 Å². The fourth-order valence-electron chi connectivity index (χ4n) is 1.78. The molecule has 0 spiro atoms. The smallest absolute Gasteiger partial charge is 0.378 e. The van der Waals surface area contributed by atoms with Gasteiger partial charge in [0.05, 0.1) is 11.4 Å². The van der Waals surface area contributed by atoms with Gasteiger partial charge in [0.25, 0.3) is 5.78 Å². The van der Waals surface area contributed by atoms with Crippen molar-refractivity contribution in [3.05, 3.63) is 54.1 Å². The Balaban J connectivity index is 2.10. The maximum atomic E-state index is 12.3. The highest BCUT2D eigenvalue weighted by molar-refractivity contribution is 6.00. The van der Waals surface area contributed by atoms with Crippen LogP contribution in [0.1, 0.15) is 10.4 Å². The molecule has 23 heavy (non-hydrogen) atoms. The Morgan fingerprint density at radius 3 is 1.70 bits per heavy atom. The number of rotatable bonds is 4. The molecule has 0 saturated carbocycles. The summed E-state index contributed by atoms with van der Waals surface area (Å²) in [6.45, 7) is 0. The van der Waals surface area contributed by atoms with Crippen molar-refractivity contribution in [2.75, 3.05) is 19.0 Å². The van der Waals surface area contributed by atoms with Crippen LogP contribution in [-0.2, 0) is 0 Å². The molecule has 0 saturated heterocycles. The Kier molecular flexibility index (Phi) is 4.78. The molecule has 0 N–H and O–H groups in total. The molecule has 2 rings (SSSR count). The second kappa shape index (κ2) is 6.60. The van der Waals surface area contributed by atoms with E-state index in [4.69, 9.17) is 0 Å². The average molecular weight is 321 g/mol. The summed E-state index contributed by atoms with van der Waals surface area (Å²) in [5, 5.41) is 7.93. The van der Waals surface area contributed by atoms with Crippen molar-refractivity contribution in [2.24, 2.45) is 10.2 Å². The lowest BCUT2D eigenvalue weighted by atomic mass is 10.1. The van der Waals surface area contributed by atoms with Gasteiger partial charge in [-0.2, -0.15) is 23.4 Å². The number of Topliss-reactive ketones (excluding diaryl/α,β-unsaturated/α-hetero) is 1. The highest BCUT2D eigenvalue weighted by Crippen LogP contribution is 2.24. The number of ketones is 1. The van der Waals surface area contributed by atoms with Crippen LogP contribution < -0.4 is 4.90 Å². The van der Waals surface area contributed by atoms with E-state index in [-0.39, 0.29) is 0 Å². The van der Waals surface area contributed by atoms with Crippen LogP contribution in [0.4, 0.5) is 30.2 Å². The van der Waals surface area contributed by atoms with Gasteiger partial charge in [0.15, 0.2) is 0 Å². The van der Waals surface area contributed by atoms with E-state index in [0.29, 0.717) is 11.4 Å². The van der Waals surface area contributed by atoms with Crippen molar-refractivity contribution in [3.8, 4) is 0 Å². The number of hydrogen-bond donors (Lipinski definition) is 0. The fourth-order valence-corrected chi connectivity index (χ4v) is 1.78. The van der Waals surface area contributed by atoms with E-state index in [1.165, 1.54) is 12.1 Å². The molecule has 2 aromatic carbocycles. The fraction of sp³-hybridized carbons (Fsp3) is 0.188. The first-order valence-electron chi connectivity index (χ1n) is 6.68. The Hall–Kier alpha value is -2.70. The summed E-state index contributed by atoms with van der Waals surface area (Å²) in [4.78, 5) is 13.0. The van der Waals surface area contributed by atoms with E-state index in [0.717, 1.165) is 17.8 Å². The summed E-state index contributed by atoms with van der Waals surface area (Å²) < 4.78 is 36.9. The van der Waals surface area contributed by atoms with Crippen LogP contribution in [0.15, 0.2) is 58.8 Å². The molecule has 0 aromatic heterocycles. The Morgan fingerprint density at radius 1 is 0.870 bits per heavy atom. The number of carbonyl (C=O) groups excluding carboxylic acids is 1. The second-order valence-electron chi connectivity index (χ2n) is 4.98. The number of carbonyl (C=O) groups is 1. The predicted molar refractivity (Wildman–Crippen MR) is 81.8 cm³/mol. The number of alkyl halides is 3. The molecular formula is C16H14F3N3O. The topological polar surface area (TPSA) is 45.0 Å². The minimum atomic E-state index is -4.88. The molecule has 0 aliphatic carbocycles. The van der Waals surface area contributed by atoms with Gasteiger partial charge in [-0.1, -0.05) is 0 Å². The number of nitrogens with zero attached hydrogens (tertiary/aromatic N) is 3. The number of benzene rings is 2. The largest absolute Gasteiger partial charge is 0.454 e. The van der Waals surface area contributed by atoms with Gasteiger partial charge < -0.3 is 4.90 Å². The highest BCUT2D eigenvalue weighted by atomic mass is 19.4. The number of azo groups is 1. The summed E-state index contributed by atoms with van der Waals surface area (Å²) >= 11 is 0. The maximum absolute atomic E-state index is 12.3. The van der Waals surface area contributed by atoms with E-state index in [9.17, 15) is 18.0 Å². The predicted octanol–water partition coefficient (Wildman–Crippen LogP) is 4.91. The van der Waals surface area contributed by atoms with Crippen LogP contribution in [0.5, 0.6) is 0 Å². The molecule has 0 unspecified atom stereocenters. The van der Waals surface area contributed by atoms with Crippen molar-refractivity contribution < 1.29 is 18.0 Å². The van der Waals surface area contributed by atoms with Crippen molar-refractivity contribution in [1.82, 2.24) is 0 Å². The van der Waals surface area contributed by atoms with Gasteiger partial charge in [0.2, 0.25) is 0 Å². The molecule has 0 amide bonds. The summed E-state index contributed by atoms with van der Waals surface area (Å²) in [6.07, 6.45) is -4.88. The molecule has 0 fully saturated rings. The molecule has 120 valence electrons. The Bertz CT molecular complexity index is 705. The van der Waals surface area contributed by atoms with Crippen LogP contribution in [-0.4, -0.2) is 26.1 Å². The first-order valence-corrected chi connectivity index (χ1v) is 6.68. The highest BCUT2D eigenvalue weighted by Gasteiger charge is 2.39. The van der Waals surface area contributed by atoms with Crippen molar-refractivity contribution in [3.63, 3.8) is 0 Å². The molecule has 7 heteroatoms. The monoisotopic (exact) mass is 321 g/mol. The first-order chi connectivity index (χ1) is 10.8. The SMILES string of the molecule is CN(C)c1ccc(/N=N/c2ccc(C(=O)C(F)(F)F)cc2)cc1. The molecule has 0 aliphatic rings. The molecule has 4 nitrogen and oxygen atoms in total. The van der Waals surface area contributed by atoms with Crippen LogP contribution in [0.2, 0.25) is 0 Å². The molecule has 0 atom stereocenters. The molecule has 0 aliphatic heterocycles. The van der Waals surface area contributed by atoms with Gasteiger partial charge >= 0.3 is 6.18 Å². The van der Waals surface area contributed by atoms with E-state index in [1.54, 1.807) is 12.1 Å². The van der Waals surface area contributed by atoms with Gasteiger partial charge in [-0.05, 0) is 48.5 Å². The first kappa shape index (κ1) is 16.7. The lowest BCUT2D eigenvalue weighted by Crippen LogP contribution is -2.22. The van der Waals surface area contributed by atoms with Crippen LogP contribution in [0.25, 0.3) is 0 Å². The molecule has 0 bridgehead atoms. The Labute approximate surface area is 131 Å². The maximum Gasteiger partial charge on any atom is 0.454 e. The molecular weight excluding hydrogens is 307 g/mol. The molecule has 0 radical (unpaired) electrons. The summed E-state index contributed by atoms with van der Waals surface area (Å²) in [5.74, 6) is -1.87. The second-order valence-corrected chi connectivity index (χ2v) is 4.98. The van der Waals surface area contributed by atoms with E-state index >= 15 is 0 Å². The van der Waals surface area contributed by atoms with E-state index < -0.39 is 17.5 Å². The van der Waals surface area contributed by atoms with Crippen molar-refractivity contribution in [1.29, 1.82) is 0 Å². The molecule has 2 aromatic rings. The van der Waals surface area contributed by atoms with Gasteiger partial charge in [-0.25, -0.2) is 0 Å². The normalized spacial score (nSPS) is 11.7. The zero-order valence-electron chi connectivity index (χ0n) is 12.5. The molecule has 0 heterocycles. The van der Waals surface area contributed by atoms with Gasteiger partial charge in [-0.3, -0.25) is 4.79 Å². The standard InChI is InChI=1S/C16H14F3N3O/c1-22(2)14-9-7-13(8-10-14)21-20-12-5-3-11(4-6-12)15(23)16(17,18)19/h3-10H,1-2H3/b21-20+. The van der Waals surface area contributed by atoms with E-state index in [1.807, 2.05) is 31.1 Å². The van der Waals surface area contributed by atoms with Crippen LogP contribution >= 0.6 is 0 Å². The third-order valence-corrected chi connectivity index (χ3v) is 3.03. The van der Waals surface area contributed by atoms with Crippen LogP contribution in [0.3, 0.4) is 0 Å². The minimum Gasteiger partial charge on any atom is -0.378 e. The zero-order chi connectivity index (χ0) is 17.0. The van der Waals surface area contributed by atoms with Gasteiger partial charge in [0.1, 0.15) is 0 Å². The van der Waals surface area contributed by atoms with Gasteiger partial charge in [0, 0.05) is 25.3 Å². The minimum absolute atomic E-state index is 0.361. The third-order valence-electron chi connectivity index (χ3n) is 3.03. The van der Waals surface area contributed by atoms with Crippen LogP contribution in [0, 0.1) is 0 Å². The van der Waals surface area contributed by atoms with Gasteiger partial charge in [-0.15, -0.1) is 0 Å². The average Bonchev–Trinajstić information content (AvgIpc) is 2.52. The summed E-state index contributed by atoms with van der Waals surface area (Å²) in [7, 11) is 3.83. The lowest BCUT2D eigenvalue weighted by Gasteiger charge is -2.11. The van der Waals surface area contributed by atoms with Crippen molar-refractivity contribution >= 4 is 22.8 Å². The zero-order valence-corrected chi connectivity index (χ0v) is 12.5. The number of hydrogen-bond acceptors (Lipinski definition) is 4. The Morgan fingerprint density at radius 2 is 1.30 bits per heavy atom. The summed E-state index contributed by atoms with van der Waals surface area (Å²) in [6, 6.07) is 12.1.